The zero-order valence-electron chi connectivity index (χ0n) is 14.6. The molecular formula is C18H22N4O4. The summed E-state index contributed by atoms with van der Waals surface area (Å²) in [6.45, 7) is 2.60. The first-order chi connectivity index (χ1) is 12.6. The van der Waals surface area contributed by atoms with Gasteiger partial charge in [0, 0.05) is 37.9 Å². The number of methoxy groups -OCH3 is 1. The predicted octanol–water partition coefficient (Wildman–Crippen LogP) is 1.27. The van der Waals surface area contributed by atoms with Crippen LogP contribution >= 0.6 is 0 Å². The fourth-order valence-electron chi connectivity index (χ4n) is 2.87. The van der Waals surface area contributed by atoms with E-state index in [1.165, 1.54) is 13.4 Å². The van der Waals surface area contributed by atoms with Gasteiger partial charge in [0.25, 0.3) is 5.91 Å². The van der Waals surface area contributed by atoms with Crippen LogP contribution in [-0.4, -0.2) is 61.4 Å². The molecule has 0 atom stereocenters. The maximum atomic E-state index is 12.3. The van der Waals surface area contributed by atoms with Crippen LogP contribution in [0.5, 0.6) is 5.75 Å². The molecule has 2 amide bonds. The molecule has 8 nitrogen and oxygen atoms in total. The molecule has 1 aromatic carbocycles. The maximum Gasteiger partial charge on any atom is 0.289 e. The number of nitrogen functional groups attached to an aromatic ring is 1. The van der Waals surface area contributed by atoms with Crippen LogP contribution < -0.4 is 15.8 Å². The molecule has 1 aliphatic heterocycles. The van der Waals surface area contributed by atoms with Gasteiger partial charge in [-0.3, -0.25) is 14.5 Å². The van der Waals surface area contributed by atoms with E-state index in [1.54, 1.807) is 35.2 Å². The minimum absolute atomic E-state index is 0.120. The van der Waals surface area contributed by atoms with Crippen LogP contribution in [0, 0.1) is 0 Å². The Morgan fingerprint density at radius 1 is 1.23 bits per heavy atom. The van der Waals surface area contributed by atoms with E-state index in [0.717, 1.165) is 0 Å². The second-order valence-corrected chi connectivity index (χ2v) is 6.05. The standard InChI is InChI=1S/C18H22N4O4/c1-25-16-11-13(19)4-5-14(16)20-17(23)12-21-6-8-22(9-7-21)18(24)15-3-2-10-26-15/h2-5,10-11H,6-9,12,19H2,1H3,(H,20,23). The molecule has 0 saturated carbocycles. The lowest BCUT2D eigenvalue weighted by Gasteiger charge is -2.33. The molecule has 3 N–H and O–H groups in total. The molecular weight excluding hydrogens is 336 g/mol. The van der Waals surface area contributed by atoms with E-state index in [9.17, 15) is 9.59 Å². The number of ether oxygens (including phenoxy) is 1. The van der Waals surface area contributed by atoms with Gasteiger partial charge in [0.05, 0.1) is 25.6 Å². The molecule has 1 aromatic heterocycles. The second-order valence-electron chi connectivity index (χ2n) is 6.05. The second kappa shape index (κ2) is 7.92. The minimum atomic E-state index is -0.140. The number of amides is 2. The molecule has 0 spiro atoms. The van der Waals surface area contributed by atoms with Crippen molar-refractivity contribution in [2.45, 2.75) is 0 Å². The van der Waals surface area contributed by atoms with Crippen LogP contribution in [0.1, 0.15) is 10.6 Å². The molecule has 1 fully saturated rings. The average molecular weight is 358 g/mol. The molecule has 1 saturated heterocycles. The van der Waals surface area contributed by atoms with Gasteiger partial charge >= 0.3 is 0 Å². The quantitative estimate of drug-likeness (QED) is 0.781. The Labute approximate surface area is 151 Å². The van der Waals surface area contributed by atoms with E-state index in [2.05, 4.69) is 5.32 Å². The fourth-order valence-corrected chi connectivity index (χ4v) is 2.87. The van der Waals surface area contributed by atoms with E-state index in [1.807, 2.05) is 4.90 Å². The lowest BCUT2D eigenvalue weighted by Crippen LogP contribution is -2.50. The van der Waals surface area contributed by atoms with Crippen molar-refractivity contribution in [1.29, 1.82) is 0 Å². The van der Waals surface area contributed by atoms with Crippen molar-refractivity contribution in [2.75, 3.05) is 50.9 Å². The van der Waals surface area contributed by atoms with Crippen LogP contribution in [0.4, 0.5) is 11.4 Å². The number of benzene rings is 1. The summed E-state index contributed by atoms with van der Waals surface area (Å²) in [5, 5.41) is 2.84. The number of rotatable bonds is 5. The number of nitrogens with zero attached hydrogens (tertiary/aromatic N) is 2. The van der Waals surface area contributed by atoms with Gasteiger partial charge in [0.2, 0.25) is 5.91 Å². The third-order valence-electron chi connectivity index (χ3n) is 4.26. The van der Waals surface area contributed by atoms with Crippen molar-refractivity contribution in [3.8, 4) is 5.75 Å². The number of piperazine rings is 1. The van der Waals surface area contributed by atoms with Crippen molar-refractivity contribution < 1.29 is 18.7 Å². The van der Waals surface area contributed by atoms with Gasteiger partial charge < -0.3 is 25.1 Å². The topological polar surface area (TPSA) is 101 Å². The van der Waals surface area contributed by atoms with Crippen LogP contribution in [-0.2, 0) is 4.79 Å². The molecule has 0 bridgehead atoms. The summed E-state index contributed by atoms with van der Waals surface area (Å²) in [7, 11) is 1.53. The maximum absolute atomic E-state index is 12.3. The lowest BCUT2D eigenvalue weighted by molar-refractivity contribution is -0.117. The van der Waals surface area contributed by atoms with E-state index in [-0.39, 0.29) is 18.4 Å². The van der Waals surface area contributed by atoms with E-state index in [4.69, 9.17) is 14.9 Å². The van der Waals surface area contributed by atoms with Crippen LogP contribution in [0.2, 0.25) is 0 Å². The van der Waals surface area contributed by atoms with Gasteiger partial charge in [-0.05, 0) is 24.3 Å². The average Bonchev–Trinajstić information content (AvgIpc) is 3.18. The van der Waals surface area contributed by atoms with Crippen molar-refractivity contribution in [2.24, 2.45) is 0 Å². The summed E-state index contributed by atoms with van der Waals surface area (Å²) in [6, 6.07) is 8.43. The smallest absolute Gasteiger partial charge is 0.289 e. The largest absolute Gasteiger partial charge is 0.494 e. The Bertz CT molecular complexity index is 768. The first kappa shape index (κ1) is 17.8. The molecule has 2 heterocycles. The lowest BCUT2D eigenvalue weighted by atomic mass is 10.2. The summed E-state index contributed by atoms with van der Waals surface area (Å²) in [5.41, 5.74) is 6.86. The zero-order valence-corrected chi connectivity index (χ0v) is 14.6. The Balaban J connectivity index is 1.50. The summed E-state index contributed by atoms with van der Waals surface area (Å²) in [4.78, 5) is 28.3. The number of anilines is 2. The van der Waals surface area contributed by atoms with Gasteiger partial charge in [-0.15, -0.1) is 0 Å². The van der Waals surface area contributed by atoms with Crippen LogP contribution in [0.15, 0.2) is 41.0 Å². The molecule has 0 aliphatic carbocycles. The number of carbonyl (C=O) groups excluding carboxylic acids is 2. The summed E-state index contributed by atoms with van der Waals surface area (Å²) in [6.07, 6.45) is 1.49. The first-order valence-corrected chi connectivity index (χ1v) is 8.35. The van der Waals surface area contributed by atoms with Crippen LogP contribution in [0.25, 0.3) is 0 Å². The van der Waals surface area contributed by atoms with Crippen molar-refractivity contribution in [3.63, 3.8) is 0 Å². The summed E-state index contributed by atoms with van der Waals surface area (Å²) >= 11 is 0. The molecule has 1 aliphatic rings. The Kier molecular flexibility index (Phi) is 5.43. The first-order valence-electron chi connectivity index (χ1n) is 8.35. The third-order valence-corrected chi connectivity index (χ3v) is 4.26. The van der Waals surface area contributed by atoms with E-state index >= 15 is 0 Å². The Morgan fingerprint density at radius 3 is 2.65 bits per heavy atom. The molecule has 26 heavy (non-hydrogen) atoms. The highest BCUT2D eigenvalue weighted by Crippen LogP contribution is 2.26. The predicted molar refractivity (Wildman–Crippen MR) is 97.1 cm³/mol. The van der Waals surface area contributed by atoms with Crippen molar-refractivity contribution >= 4 is 23.2 Å². The normalized spacial score (nSPS) is 14.9. The zero-order chi connectivity index (χ0) is 18.5. The third kappa shape index (κ3) is 4.15. The summed E-state index contributed by atoms with van der Waals surface area (Å²) in [5.74, 6) is 0.600. The number of carbonyl (C=O) groups is 2. The van der Waals surface area contributed by atoms with Crippen LogP contribution in [0.3, 0.4) is 0 Å². The number of furan rings is 1. The highest BCUT2D eigenvalue weighted by atomic mass is 16.5. The van der Waals surface area contributed by atoms with Gasteiger partial charge in [-0.2, -0.15) is 0 Å². The molecule has 0 radical (unpaired) electrons. The van der Waals surface area contributed by atoms with E-state index in [0.29, 0.717) is 49.1 Å². The highest BCUT2D eigenvalue weighted by molar-refractivity contribution is 5.94. The molecule has 3 rings (SSSR count). The summed E-state index contributed by atoms with van der Waals surface area (Å²) < 4.78 is 10.4. The molecule has 0 unspecified atom stereocenters. The Hall–Kier alpha value is -3.00. The molecule has 2 aromatic rings. The number of nitrogens with one attached hydrogen (secondary N) is 1. The monoisotopic (exact) mass is 358 g/mol. The van der Waals surface area contributed by atoms with Gasteiger partial charge in [0.1, 0.15) is 5.75 Å². The Morgan fingerprint density at radius 2 is 2.00 bits per heavy atom. The van der Waals surface area contributed by atoms with Gasteiger partial charge in [-0.25, -0.2) is 0 Å². The van der Waals surface area contributed by atoms with E-state index < -0.39 is 0 Å². The number of hydrogen-bond donors (Lipinski definition) is 2. The SMILES string of the molecule is COc1cc(N)ccc1NC(=O)CN1CCN(C(=O)c2ccco2)CC1. The van der Waals surface area contributed by atoms with Gasteiger partial charge in [-0.1, -0.05) is 0 Å². The fraction of sp³-hybridized carbons (Fsp3) is 0.333. The molecule has 8 heteroatoms. The van der Waals surface area contributed by atoms with Crippen molar-refractivity contribution in [1.82, 2.24) is 9.80 Å². The number of nitrogens with two attached hydrogens (primary N) is 1. The number of hydrogen-bond acceptors (Lipinski definition) is 6. The highest BCUT2D eigenvalue weighted by Gasteiger charge is 2.24. The van der Waals surface area contributed by atoms with Gasteiger partial charge in [0.15, 0.2) is 5.76 Å². The molecule has 138 valence electrons. The minimum Gasteiger partial charge on any atom is -0.494 e. The van der Waals surface area contributed by atoms with Crippen molar-refractivity contribution in [3.05, 3.63) is 42.4 Å².